The van der Waals surface area contributed by atoms with Crippen LogP contribution in [0.2, 0.25) is 0 Å². The topological polar surface area (TPSA) is 36.9 Å². The van der Waals surface area contributed by atoms with Gasteiger partial charge in [0.2, 0.25) is 0 Å². The largest absolute Gasteiger partial charge is 0.338 e. The predicted octanol–water partition coefficient (Wildman–Crippen LogP) is 1.75. The van der Waals surface area contributed by atoms with Crippen molar-refractivity contribution in [2.24, 2.45) is 0 Å². The normalized spacial score (nSPS) is 9.77. The molecule has 0 unspecified atom stereocenters. The zero-order valence-corrected chi connectivity index (χ0v) is 7.57. The van der Waals surface area contributed by atoms with Gasteiger partial charge in [-0.3, -0.25) is 0 Å². The van der Waals surface area contributed by atoms with Gasteiger partial charge in [-0.25, -0.2) is 0 Å². The van der Waals surface area contributed by atoms with E-state index in [1.54, 1.807) is 18.2 Å². The van der Waals surface area contributed by atoms with Crippen molar-refractivity contribution >= 4 is 0 Å². The quantitative estimate of drug-likeness (QED) is 0.526. The maximum Gasteiger partial charge on any atom is 0.169 e. The third-order valence-corrected chi connectivity index (χ3v) is 1.30. The van der Waals surface area contributed by atoms with Crippen molar-refractivity contribution in [3.63, 3.8) is 0 Å². The van der Waals surface area contributed by atoms with Crippen LogP contribution in [0.5, 0.6) is 11.5 Å². The molecule has 4 heteroatoms. The Bertz CT molecular complexity index is 248. The van der Waals surface area contributed by atoms with Crippen molar-refractivity contribution in [2.45, 2.75) is 0 Å². The minimum absolute atomic E-state index is 0.516. The molecule has 0 aliphatic heterocycles. The summed E-state index contributed by atoms with van der Waals surface area (Å²) >= 11 is 0. The van der Waals surface area contributed by atoms with E-state index in [4.69, 9.17) is 9.78 Å². The Labute approximate surface area is 76.8 Å². The van der Waals surface area contributed by atoms with Gasteiger partial charge < -0.3 is 9.78 Å². The summed E-state index contributed by atoms with van der Waals surface area (Å²) in [5, 5.41) is 0. The summed E-state index contributed by atoms with van der Waals surface area (Å²) in [6.45, 7) is 3.74. The highest BCUT2D eigenvalue weighted by Crippen LogP contribution is 2.22. The maximum absolute atomic E-state index is 4.80. The van der Waals surface area contributed by atoms with Crippen LogP contribution in [0, 0.1) is 6.92 Å². The predicted molar refractivity (Wildman–Crippen MR) is 46.2 cm³/mol. The molecule has 0 aliphatic rings. The Balaban J connectivity index is 2.83. The molecule has 0 heterocycles. The SMILES string of the molecule is [CH2]c1cc(OOC)cc(OOC)c1. The van der Waals surface area contributed by atoms with Gasteiger partial charge in [-0.1, -0.05) is 0 Å². The second-order valence-electron chi connectivity index (χ2n) is 2.31. The summed E-state index contributed by atoms with van der Waals surface area (Å²) in [4.78, 5) is 18.6. The van der Waals surface area contributed by atoms with Gasteiger partial charge in [0.05, 0.1) is 14.2 Å². The van der Waals surface area contributed by atoms with E-state index in [0.29, 0.717) is 11.5 Å². The molecule has 0 atom stereocenters. The Morgan fingerprint density at radius 3 is 1.77 bits per heavy atom. The van der Waals surface area contributed by atoms with Crippen LogP contribution in [0.15, 0.2) is 18.2 Å². The molecule has 4 nitrogen and oxygen atoms in total. The van der Waals surface area contributed by atoms with Crippen LogP contribution in [0.4, 0.5) is 0 Å². The molecule has 0 N–H and O–H groups in total. The van der Waals surface area contributed by atoms with Gasteiger partial charge in [0.25, 0.3) is 0 Å². The lowest BCUT2D eigenvalue weighted by atomic mass is 10.2. The molecule has 1 rings (SSSR count). The zero-order chi connectivity index (χ0) is 9.68. The van der Waals surface area contributed by atoms with E-state index in [1.165, 1.54) is 14.2 Å². The Morgan fingerprint density at radius 2 is 1.38 bits per heavy atom. The van der Waals surface area contributed by atoms with E-state index in [9.17, 15) is 0 Å². The molecule has 0 spiro atoms. The van der Waals surface area contributed by atoms with Gasteiger partial charge in [0, 0.05) is 6.07 Å². The number of hydrogen-bond donors (Lipinski definition) is 0. The van der Waals surface area contributed by atoms with E-state index in [1.807, 2.05) is 0 Å². The van der Waals surface area contributed by atoms with E-state index in [2.05, 4.69) is 16.7 Å². The number of rotatable bonds is 4. The monoisotopic (exact) mass is 183 g/mol. The molecule has 1 aromatic rings. The molecule has 0 aliphatic carbocycles. The van der Waals surface area contributed by atoms with Gasteiger partial charge in [0.1, 0.15) is 0 Å². The first kappa shape index (κ1) is 9.83. The summed E-state index contributed by atoms with van der Waals surface area (Å²) < 4.78 is 0. The van der Waals surface area contributed by atoms with Crippen molar-refractivity contribution in [1.29, 1.82) is 0 Å². The standard InChI is InChI=1S/C9H11O4/c1-7-4-8(12-10-2)6-9(5-7)13-11-3/h4-6H,1H2,2-3H3. The van der Waals surface area contributed by atoms with Crippen LogP contribution in [0.3, 0.4) is 0 Å². The zero-order valence-electron chi connectivity index (χ0n) is 7.57. The van der Waals surface area contributed by atoms with Crippen molar-refractivity contribution in [3.8, 4) is 11.5 Å². The first-order chi connectivity index (χ1) is 6.26. The summed E-state index contributed by atoms with van der Waals surface area (Å²) in [5.41, 5.74) is 0.751. The molecular formula is C9H11O4. The number of benzene rings is 1. The van der Waals surface area contributed by atoms with Crippen LogP contribution in [-0.4, -0.2) is 14.2 Å². The van der Waals surface area contributed by atoms with Gasteiger partial charge in [-0.05, 0) is 24.6 Å². The van der Waals surface area contributed by atoms with Crippen LogP contribution in [-0.2, 0) is 9.78 Å². The van der Waals surface area contributed by atoms with Gasteiger partial charge in [0.15, 0.2) is 11.5 Å². The highest BCUT2D eigenvalue weighted by Gasteiger charge is 2.01. The molecule has 0 fully saturated rings. The lowest BCUT2D eigenvalue weighted by molar-refractivity contribution is -0.184. The maximum atomic E-state index is 4.80. The van der Waals surface area contributed by atoms with E-state index in [0.717, 1.165) is 5.56 Å². The fourth-order valence-corrected chi connectivity index (χ4v) is 0.919. The Morgan fingerprint density at radius 1 is 0.923 bits per heavy atom. The van der Waals surface area contributed by atoms with Gasteiger partial charge >= 0.3 is 0 Å². The molecule has 13 heavy (non-hydrogen) atoms. The van der Waals surface area contributed by atoms with E-state index in [-0.39, 0.29) is 0 Å². The van der Waals surface area contributed by atoms with Crippen LogP contribution >= 0.6 is 0 Å². The van der Waals surface area contributed by atoms with Gasteiger partial charge in [-0.15, -0.1) is 0 Å². The van der Waals surface area contributed by atoms with Crippen LogP contribution in [0.25, 0.3) is 0 Å². The minimum atomic E-state index is 0.516. The number of hydrogen-bond acceptors (Lipinski definition) is 4. The van der Waals surface area contributed by atoms with Crippen LogP contribution in [0.1, 0.15) is 5.56 Å². The highest BCUT2D eigenvalue weighted by molar-refractivity contribution is 5.39. The molecule has 71 valence electrons. The van der Waals surface area contributed by atoms with E-state index < -0.39 is 0 Å². The minimum Gasteiger partial charge on any atom is -0.338 e. The first-order valence-corrected chi connectivity index (χ1v) is 3.64. The van der Waals surface area contributed by atoms with Crippen molar-refractivity contribution < 1.29 is 19.6 Å². The lowest BCUT2D eigenvalue weighted by Crippen LogP contribution is -1.94. The smallest absolute Gasteiger partial charge is 0.169 e. The van der Waals surface area contributed by atoms with Gasteiger partial charge in [-0.2, -0.15) is 9.78 Å². The molecular weight excluding hydrogens is 172 g/mol. The summed E-state index contributed by atoms with van der Waals surface area (Å²) in [6, 6.07) is 5.06. The second-order valence-corrected chi connectivity index (χ2v) is 2.31. The van der Waals surface area contributed by atoms with Crippen molar-refractivity contribution in [3.05, 3.63) is 30.7 Å². The lowest BCUT2D eigenvalue weighted by Gasteiger charge is -2.05. The molecule has 1 radical (unpaired) electrons. The fourth-order valence-electron chi connectivity index (χ4n) is 0.919. The summed E-state index contributed by atoms with van der Waals surface area (Å²) in [7, 11) is 2.85. The molecule has 0 bridgehead atoms. The summed E-state index contributed by atoms with van der Waals surface area (Å²) in [5.74, 6) is 1.03. The molecule has 0 amide bonds. The molecule has 0 saturated heterocycles. The average Bonchev–Trinajstić information content (AvgIpc) is 2.04. The molecule has 0 saturated carbocycles. The third kappa shape index (κ3) is 2.93. The Kier molecular flexibility index (Phi) is 3.54. The Hall–Kier alpha value is -1.26. The molecule has 1 aromatic carbocycles. The third-order valence-electron chi connectivity index (χ3n) is 1.30. The first-order valence-electron chi connectivity index (χ1n) is 3.64. The molecule has 0 aromatic heterocycles. The van der Waals surface area contributed by atoms with Crippen LogP contribution < -0.4 is 9.78 Å². The fraction of sp³-hybridized carbons (Fsp3) is 0.222. The average molecular weight is 183 g/mol. The second kappa shape index (κ2) is 4.69. The van der Waals surface area contributed by atoms with Crippen molar-refractivity contribution in [1.82, 2.24) is 0 Å². The van der Waals surface area contributed by atoms with Crippen molar-refractivity contribution in [2.75, 3.05) is 14.2 Å². The van der Waals surface area contributed by atoms with E-state index >= 15 is 0 Å². The highest BCUT2D eigenvalue weighted by atomic mass is 17.2. The summed E-state index contributed by atoms with van der Waals surface area (Å²) in [6.07, 6.45) is 0.